The lowest BCUT2D eigenvalue weighted by molar-refractivity contribution is -0.122. The van der Waals surface area contributed by atoms with Crippen LogP contribution in [0.5, 0.6) is 0 Å². The molecule has 3 atom stereocenters. The predicted octanol–water partition coefficient (Wildman–Crippen LogP) is 1.74. The molecule has 0 aromatic heterocycles. The molecule has 1 aliphatic carbocycles. The molecule has 4 nitrogen and oxygen atoms in total. The summed E-state index contributed by atoms with van der Waals surface area (Å²) in [6.45, 7) is 5.02. The predicted molar refractivity (Wildman–Crippen MR) is 79.9 cm³/mol. The number of hydrogen-bond acceptors (Lipinski definition) is 3. The minimum Gasteiger partial charge on any atom is -0.354 e. The highest BCUT2D eigenvalue weighted by atomic mass is 16.1. The molecule has 1 fully saturated rings. The van der Waals surface area contributed by atoms with Crippen molar-refractivity contribution in [3.63, 3.8) is 0 Å². The van der Waals surface area contributed by atoms with E-state index in [4.69, 9.17) is 5.73 Å². The first-order valence-corrected chi connectivity index (χ1v) is 7.55. The van der Waals surface area contributed by atoms with Gasteiger partial charge in [-0.25, -0.2) is 0 Å². The van der Waals surface area contributed by atoms with Gasteiger partial charge < -0.3 is 16.0 Å². The third-order valence-electron chi connectivity index (χ3n) is 4.46. The van der Waals surface area contributed by atoms with Gasteiger partial charge in [0.15, 0.2) is 0 Å². The molecule has 0 bridgehead atoms. The van der Waals surface area contributed by atoms with Crippen LogP contribution in [0.4, 0.5) is 0 Å². The van der Waals surface area contributed by atoms with Gasteiger partial charge in [-0.2, -0.15) is 0 Å². The minimum atomic E-state index is 0.100. The molecule has 1 amide bonds. The van der Waals surface area contributed by atoms with Crippen molar-refractivity contribution in [3.05, 3.63) is 0 Å². The number of carbonyl (C=O) groups is 1. The van der Waals surface area contributed by atoms with Crippen LogP contribution in [0, 0.1) is 5.92 Å². The zero-order valence-electron chi connectivity index (χ0n) is 13.0. The van der Waals surface area contributed by atoms with Crippen LogP contribution in [-0.4, -0.2) is 43.0 Å². The zero-order valence-corrected chi connectivity index (χ0v) is 13.0. The number of nitrogens with two attached hydrogens (primary N) is 1. The molecule has 112 valence electrons. The van der Waals surface area contributed by atoms with Gasteiger partial charge in [-0.05, 0) is 46.2 Å². The Hall–Kier alpha value is -0.610. The van der Waals surface area contributed by atoms with Gasteiger partial charge >= 0.3 is 0 Å². The van der Waals surface area contributed by atoms with Gasteiger partial charge in [-0.1, -0.05) is 19.8 Å². The van der Waals surface area contributed by atoms with Crippen LogP contribution >= 0.6 is 0 Å². The largest absolute Gasteiger partial charge is 0.354 e. The number of nitrogens with zero attached hydrogens (tertiary/aromatic N) is 1. The summed E-state index contributed by atoms with van der Waals surface area (Å²) in [5.41, 5.74) is 5.82. The monoisotopic (exact) mass is 269 g/mol. The molecule has 1 rings (SSSR count). The maximum absolute atomic E-state index is 11.9. The van der Waals surface area contributed by atoms with Gasteiger partial charge in [0.05, 0.1) is 0 Å². The Morgan fingerprint density at radius 1 is 1.53 bits per heavy atom. The van der Waals surface area contributed by atoms with E-state index < -0.39 is 0 Å². The maximum Gasteiger partial charge on any atom is 0.220 e. The molecule has 3 N–H and O–H groups in total. The second-order valence-electron chi connectivity index (χ2n) is 6.61. The second kappa shape index (κ2) is 7.25. The van der Waals surface area contributed by atoms with Crippen molar-refractivity contribution >= 4 is 5.91 Å². The van der Waals surface area contributed by atoms with Crippen molar-refractivity contribution in [2.45, 2.75) is 64.0 Å². The lowest BCUT2D eigenvalue weighted by atomic mass is 9.75. The van der Waals surface area contributed by atoms with E-state index >= 15 is 0 Å². The van der Waals surface area contributed by atoms with Gasteiger partial charge in [0.1, 0.15) is 0 Å². The molecule has 0 spiro atoms. The van der Waals surface area contributed by atoms with E-state index in [2.05, 4.69) is 31.2 Å². The molecule has 4 heteroatoms. The Bertz CT molecular complexity index is 291. The fourth-order valence-corrected chi connectivity index (χ4v) is 3.07. The normalized spacial score (nSPS) is 29.3. The number of rotatable bonds is 6. The van der Waals surface area contributed by atoms with Gasteiger partial charge in [-0.3, -0.25) is 4.79 Å². The van der Waals surface area contributed by atoms with E-state index in [0.29, 0.717) is 6.42 Å². The summed E-state index contributed by atoms with van der Waals surface area (Å²) in [5.74, 6) is 0.883. The molecule has 3 unspecified atom stereocenters. The van der Waals surface area contributed by atoms with Gasteiger partial charge in [0, 0.05) is 24.5 Å². The first-order valence-electron chi connectivity index (χ1n) is 7.55. The first kappa shape index (κ1) is 16.4. The topological polar surface area (TPSA) is 58.4 Å². The summed E-state index contributed by atoms with van der Waals surface area (Å²) in [5, 5.41) is 3.11. The summed E-state index contributed by atoms with van der Waals surface area (Å²) >= 11 is 0. The molecule has 1 saturated carbocycles. The first-order chi connectivity index (χ1) is 8.85. The Kier molecular flexibility index (Phi) is 6.27. The van der Waals surface area contributed by atoms with E-state index in [1.165, 1.54) is 25.7 Å². The fourth-order valence-electron chi connectivity index (χ4n) is 3.07. The van der Waals surface area contributed by atoms with Gasteiger partial charge in [0.25, 0.3) is 0 Å². The smallest absolute Gasteiger partial charge is 0.220 e. The lowest BCUT2D eigenvalue weighted by Crippen LogP contribution is -2.55. The zero-order chi connectivity index (χ0) is 14.5. The Morgan fingerprint density at radius 2 is 2.21 bits per heavy atom. The number of hydrogen-bond donors (Lipinski definition) is 2. The van der Waals surface area contributed by atoms with Crippen LogP contribution in [0.3, 0.4) is 0 Å². The van der Waals surface area contributed by atoms with Crippen LogP contribution < -0.4 is 11.1 Å². The highest BCUT2D eigenvalue weighted by Gasteiger charge is 2.37. The second-order valence-corrected chi connectivity index (χ2v) is 6.61. The molecule has 0 radical (unpaired) electrons. The van der Waals surface area contributed by atoms with Crippen LogP contribution in [0.15, 0.2) is 0 Å². The van der Waals surface area contributed by atoms with Crippen molar-refractivity contribution in [3.8, 4) is 0 Å². The van der Waals surface area contributed by atoms with E-state index in [1.54, 1.807) is 0 Å². The average molecular weight is 269 g/mol. The number of carbonyl (C=O) groups excluding carboxylic acids is 1. The summed E-state index contributed by atoms with van der Waals surface area (Å²) in [7, 11) is 4.26. The van der Waals surface area contributed by atoms with E-state index in [9.17, 15) is 4.79 Å². The molecule has 0 aliphatic heterocycles. The van der Waals surface area contributed by atoms with E-state index in [1.807, 2.05) is 6.92 Å². The van der Waals surface area contributed by atoms with Crippen molar-refractivity contribution in [2.24, 2.45) is 11.7 Å². The molecule has 1 aliphatic rings. The van der Waals surface area contributed by atoms with Crippen molar-refractivity contribution in [2.75, 3.05) is 20.6 Å². The Morgan fingerprint density at radius 3 is 2.74 bits per heavy atom. The molecule has 19 heavy (non-hydrogen) atoms. The van der Waals surface area contributed by atoms with E-state index in [-0.39, 0.29) is 17.5 Å². The quantitative estimate of drug-likeness (QED) is 0.772. The van der Waals surface area contributed by atoms with Gasteiger partial charge in [-0.15, -0.1) is 0 Å². The lowest BCUT2D eigenvalue weighted by Gasteiger charge is -2.45. The van der Waals surface area contributed by atoms with E-state index in [0.717, 1.165) is 18.9 Å². The molecule has 0 saturated heterocycles. The van der Waals surface area contributed by atoms with Crippen LogP contribution in [0.25, 0.3) is 0 Å². The summed E-state index contributed by atoms with van der Waals surface area (Å²) in [6, 6.07) is 0.100. The SMILES string of the molecule is CC(N)CCC(=O)NCC1(N(C)C)CCCC(C)C1. The summed E-state index contributed by atoms with van der Waals surface area (Å²) < 4.78 is 0. The average Bonchev–Trinajstić information content (AvgIpc) is 2.33. The summed E-state index contributed by atoms with van der Waals surface area (Å²) in [4.78, 5) is 14.2. The van der Waals surface area contributed by atoms with Crippen molar-refractivity contribution in [1.82, 2.24) is 10.2 Å². The third-order valence-corrected chi connectivity index (χ3v) is 4.46. The molecular formula is C15H31N3O. The van der Waals surface area contributed by atoms with Crippen LogP contribution in [0.1, 0.15) is 52.4 Å². The number of amides is 1. The minimum absolute atomic E-state index is 0.100. The fraction of sp³-hybridized carbons (Fsp3) is 0.933. The van der Waals surface area contributed by atoms with Crippen molar-refractivity contribution < 1.29 is 4.79 Å². The standard InChI is InChI=1S/C15H31N3O/c1-12-6-5-9-15(10-12,18(3)4)11-17-14(19)8-7-13(2)16/h12-13H,5-11,16H2,1-4H3,(H,17,19). The molecule has 0 heterocycles. The van der Waals surface area contributed by atoms with Crippen LogP contribution in [-0.2, 0) is 4.79 Å². The maximum atomic E-state index is 11.9. The summed E-state index contributed by atoms with van der Waals surface area (Å²) in [6.07, 6.45) is 6.22. The molecule has 0 aromatic rings. The highest BCUT2D eigenvalue weighted by Crippen LogP contribution is 2.35. The molecular weight excluding hydrogens is 238 g/mol. The van der Waals surface area contributed by atoms with Gasteiger partial charge in [0.2, 0.25) is 5.91 Å². The van der Waals surface area contributed by atoms with Crippen LogP contribution in [0.2, 0.25) is 0 Å². The highest BCUT2D eigenvalue weighted by molar-refractivity contribution is 5.76. The Balaban J connectivity index is 2.48. The number of nitrogens with one attached hydrogen (secondary N) is 1. The molecule has 0 aromatic carbocycles. The third kappa shape index (κ3) is 5.11. The van der Waals surface area contributed by atoms with Crippen molar-refractivity contribution in [1.29, 1.82) is 0 Å². The number of likely N-dealkylation sites (N-methyl/N-ethyl adjacent to an activating group) is 1. The Labute approximate surface area is 118 Å².